The van der Waals surface area contributed by atoms with Gasteiger partial charge in [-0.3, -0.25) is 9.78 Å². The number of halogens is 2. The van der Waals surface area contributed by atoms with E-state index in [2.05, 4.69) is 15.6 Å². The first-order valence-electron chi connectivity index (χ1n) is 7.55. The Morgan fingerprint density at radius 2 is 1.81 bits per heavy atom. The fourth-order valence-electron chi connectivity index (χ4n) is 2.21. The molecule has 1 amide bonds. The van der Waals surface area contributed by atoms with Gasteiger partial charge in [0.1, 0.15) is 5.69 Å². The van der Waals surface area contributed by atoms with Gasteiger partial charge in [-0.2, -0.15) is 5.26 Å². The van der Waals surface area contributed by atoms with Crippen LogP contribution in [0.4, 0.5) is 17.1 Å². The van der Waals surface area contributed by atoms with Crippen molar-refractivity contribution in [1.82, 2.24) is 4.98 Å². The van der Waals surface area contributed by atoms with Gasteiger partial charge in [0.2, 0.25) is 0 Å². The molecule has 26 heavy (non-hydrogen) atoms. The first-order valence-corrected chi connectivity index (χ1v) is 8.31. The topological polar surface area (TPSA) is 77.8 Å². The van der Waals surface area contributed by atoms with Crippen LogP contribution in [0.2, 0.25) is 10.0 Å². The maximum absolute atomic E-state index is 12.4. The summed E-state index contributed by atoms with van der Waals surface area (Å²) in [5.41, 5.74) is 2.60. The predicted octanol–water partition coefficient (Wildman–Crippen LogP) is 5.26. The van der Waals surface area contributed by atoms with E-state index < -0.39 is 0 Å². The first-order chi connectivity index (χ1) is 12.6. The van der Waals surface area contributed by atoms with E-state index in [4.69, 9.17) is 28.5 Å². The number of amides is 1. The summed E-state index contributed by atoms with van der Waals surface area (Å²) in [6.45, 7) is 0. The van der Waals surface area contributed by atoms with E-state index >= 15 is 0 Å². The Morgan fingerprint density at radius 1 is 1.04 bits per heavy atom. The predicted molar refractivity (Wildman–Crippen MR) is 103 cm³/mol. The first kappa shape index (κ1) is 17.7. The number of anilines is 3. The quantitative estimate of drug-likeness (QED) is 0.645. The van der Waals surface area contributed by atoms with E-state index in [1.54, 1.807) is 54.6 Å². The molecule has 0 spiro atoms. The van der Waals surface area contributed by atoms with Gasteiger partial charge in [0.25, 0.3) is 5.91 Å². The van der Waals surface area contributed by atoms with Crippen LogP contribution in [0.3, 0.4) is 0 Å². The second-order valence-electron chi connectivity index (χ2n) is 5.30. The average Bonchev–Trinajstić information content (AvgIpc) is 2.66. The van der Waals surface area contributed by atoms with Gasteiger partial charge < -0.3 is 10.6 Å². The molecule has 2 N–H and O–H groups in total. The molecule has 0 bridgehead atoms. The number of hydrogen-bond acceptors (Lipinski definition) is 4. The zero-order valence-electron chi connectivity index (χ0n) is 13.3. The maximum atomic E-state index is 12.4. The Labute approximate surface area is 160 Å². The lowest BCUT2D eigenvalue weighted by Gasteiger charge is -2.10. The monoisotopic (exact) mass is 382 g/mol. The molecule has 3 rings (SSSR count). The van der Waals surface area contributed by atoms with E-state index in [0.29, 0.717) is 32.7 Å². The van der Waals surface area contributed by atoms with Crippen molar-refractivity contribution in [2.45, 2.75) is 0 Å². The van der Waals surface area contributed by atoms with Crippen molar-refractivity contribution in [3.8, 4) is 6.07 Å². The largest absolute Gasteiger partial charge is 0.354 e. The van der Waals surface area contributed by atoms with Gasteiger partial charge >= 0.3 is 0 Å². The number of nitriles is 1. The molecule has 0 saturated heterocycles. The molecule has 128 valence electrons. The van der Waals surface area contributed by atoms with E-state index in [1.807, 2.05) is 6.07 Å². The van der Waals surface area contributed by atoms with Crippen LogP contribution < -0.4 is 10.6 Å². The van der Waals surface area contributed by atoms with Gasteiger partial charge in [-0.05, 0) is 48.5 Å². The molecule has 3 aromatic rings. The maximum Gasteiger partial charge on any atom is 0.274 e. The summed E-state index contributed by atoms with van der Waals surface area (Å²) in [5.74, 6) is -0.365. The summed E-state index contributed by atoms with van der Waals surface area (Å²) in [6, 6.07) is 17.2. The van der Waals surface area contributed by atoms with Crippen molar-refractivity contribution in [1.29, 1.82) is 5.26 Å². The minimum atomic E-state index is -0.365. The lowest BCUT2D eigenvalue weighted by molar-refractivity contribution is 0.102. The third-order valence-electron chi connectivity index (χ3n) is 3.50. The molecule has 0 aliphatic rings. The van der Waals surface area contributed by atoms with E-state index in [9.17, 15) is 4.79 Å². The molecule has 0 aliphatic heterocycles. The average molecular weight is 383 g/mol. The van der Waals surface area contributed by atoms with Crippen molar-refractivity contribution < 1.29 is 4.79 Å². The number of rotatable bonds is 4. The molecule has 2 aromatic carbocycles. The van der Waals surface area contributed by atoms with Crippen LogP contribution in [-0.4, -0.2) is 10.9 Å². The van der Waals surface area contributed by atoms with Gasteiger partial charge in [-0.15, -0.1) is 0 Å². The highest BCUT2D eigenvalue weighted by Crippen LogP contribution is 2.31. The zero-order chi connectivity index (χ0) is 18.5. The lowest BCUT2D eigenvalue weighted by atomic mass is 10.2. The molecule has 7 heteroatoms. The number of benzene rings is 2. The summed E-state index contributed by atoms with van der Waals surface area (Å²) in [7, 11) is 0. The number of nitrogens with one attached hydrogen (secondary N) is 2. The summed E-state index contributed by atoms with van der Waals surface area (Å²) in [5, 5.41) is 15.5. The van der Waals surface area contributed by atoms with Gasteiger partial charge in [0.05, 0.1) is 27.4 Å². The lowest BCUT2D eigenvalue weighted by Crippen LogP contribution is -2.13. The molecule has 0 aliphatic carbocycles. The Kier molecular flexibility index (Phi) is 5.37. The Balaban J connectivity index is 1.76. The minimum Gasteiger partial charge on any atom is -0.354 e. The normalized spacial score (nSPS) is 10.0. The fraction of sp³-hybridized carbons (Fsp3) is 0. The summed E-state index contributed by atoms with van der Waals surface area (Å²) in [4.78, 5) is 16.5. The standard InChI is InChI=1S/C19H12Cl2N4O/c20-15-2-1-3-16(18(15)21)24-14-8-9-23-17(10-14)19(26)25-13-6-4-12(11-22)5-7-13/h1-10H,(H,23,24)(H,25,26). The number of hydrogen-bond donors (Lipinski definition) is 2. The molecule has 5 nitrogen and oxygen atoms in total. The molecular formula is C19H12Cl2N4O. The van der Waals surface area contributed by atoms with Crippen molar-refractivity contribution in [2.75, 3.05) is 10.6 Å². The highest BCUT2D eigenvalue weighted by atomic mass is 35.5. The molecular weight excluding hydrogens is 371 g/mol. The third kappa shape index (κ3) is 4.12. The number of carbonyl (C=O) groups is 1. The Morgan fingerprint density at radius 3 is 2.54 bits per heavy atom. The van der Waals surface area contributed by atoms with Crippen LogP contribution >= 0.6 is 23.2 Å². The van der Waals surface area contributed by atoms with Gasteiger partial charge in [-0.1, -0.05) is 29.3 Å². The van der Waals surface area contributed by atoms with Crippen LogP contribution in [0.15, 0.2) is 60.8 Å². The molecule has 0 saturated carbocycles. The molecule has 0 atom stereocenters. The van der Waals surface area contributed by atoms with Crippen LogP contribution in [0, 0.1) is 11.3 Å². The van der Waals surface area contributed by atoms with E-state index in [1.165, 1.54) is 6.20 Å². The molecule has 1 heterocycles. The molecule has 1 aromatic heterocycles. The number of aromatic nitrogens is 1. The second kappa shape index (κ2) is 7.87. The molecule has 0 fully saturated rings. The van der Waals surface area contributed by atoms with Crippen molar-refractivity contribution >= 4 is 46.2 Å². The Hall–Kier alpha value is -3.07. The van der Waals surface area contributed by atoms with Gasteiger partial charge in [0.15, 0.2) is 0 Å². The fourth-order valence-corrected chi connectivity index (χ4v) is 2.56. The van der Waals surface area contributed by atoms with Gasteiger partial charge in [-0.25, -0.2) is 0 Å². The van der Waals surface area contributed by atoms with Crippen LogP contribution in [-0.2, 0) is 0 Å². The SMILES string of the molecule is N#Cc1ccc(NC(=O)c2cc(Nc3cccc(Cl)c3Cl)ccn2)cc1. The minimum absolute atomic E-state index is 0.234. The zero-order valence-corrected chi connectivity index (χ0v) is 14.8. The van der Waals surface area contributed by atoms with Crippen LogP contribution in [0.1, 0.15) is 16.1 Å². The molecule has 0 radical (unpaired) electrons. The highest BCUT2D eigenvalue weighted by molar-refractivity contribution is 6.43. The Bertz CT molecular complexity index is 997. The van der Waals surface area contributed by atoms with E-state index in [0.717, 1.165) is 0 Å². The summed E-state index contributed by atoms with van der Waals surface area (Å²) >= 11 is 12.2. The van der Waals surface area contributed by atoms with Crippen molar-refractivity contribution in [2.24, 2.45) is 0 Å². The highest BCUT2D eigenvalue weighted by Gasteiger charge is 2.10. The summed E-state index contributed by atoms with van der Waals surface area (Å²) < 4.78 is 0. The smallest absolute Gasteiger partial charge is 0.274 e. The number of pyridine rings is 1. The van der Waals surface area contributed by atoms with Crippen LogP contribution in [0.25, 0.3) is 0 Å². The summed E-state index contributed by atoms with van der Waals surface area (Å²) in [6.07, 6.45) is 1.52. The van der Waals surface area contributed by atoms with Gasteiger partial charge in [0, 0.05) is 17.6 Å². The van der Waals surface area contributed by atoms with Crippen LogP contribution in [0.5, 0.6) is 0 Å². The second-order valence-corrected chi connectivity index (χ2v) is 6.08. The molecule has 0 unspecified atom stereocenters. The van der Waals surface area contributed by atoms with E-state index in [-0.39, 0.29) is 11.6 Å². The third-order valence-corrected chi connectivity index (χ3v) is 4.31. The number of nitrogens with zero attached hydrogens (tertiary/aromatic N) is 2. The van der Waals surface area contributed by atoms with Crippen molar-refractivity contribution in [3.05, 3.63) is 82.1 Å². The van der Waals surface area contributed by atoms with Crippen molar-refractivity contribution in [3.63, 3.8) is 0 Å². The number of carbonyl (C=O) groups excluding carboxylic acids is 1.